The monoisotopic (exact) mass is 468 g/mol. The summed E-state index contributed by atoms with van der Waals surface area (Å²) in [5.41, 5.74) is 1.87. The van der Waals surface area contributed by atoms with E-state index < -0.39 is 10.0 Å². The molecule has 174 valence electrons. The van der Waals surface area contributed by atoms with Crippen LogP contribution in [0.25, 0.3) is 0 Å². The Morgan fingerprint density at radius 1 is 0.848 bits per heavy atom. The van der Waals surface area contributed by atoms with Crippen molar-refractivity contribution in [1.29, 1.82) is 0 Å². The standard InChI is InChI=1S/C25H28N2O5S/c1-3-31-23-15-10-19(18-24(23)32-4-2)16-17-26-25(28)20-11-13-22(14-12-20)33(29,30)27-21-8-6-5-7-9-21/h5-15,18,27H,3-4,16-17H2,1-2H3,(H,26,28). The van der Waals surface area contributed by atoms with E-state index in [-0.39, 0.29) is 10.8 Å². The summed E-state index contributed by atoms with van der Waals surface area (Å²) in [4.78, 5) is 12.6. The van der Waals surface area contributed by atoms with Crippen LogP contribution in [0.4, 0.5) is 5.69 Å². The highest BCUT2D eigenvalue weighted by molar-refractivity contribution is 7.92. The lowest BCUT2D eigenvalue weighted by atomic mass is 10.1. The van der Waals surface area contributed by atoms with Crippen LogP contribution < -0.4 is 19.5 Å². The first-order valence-corrected chi connectivity index (χ1v) is 12.3. The minimum Gasteiger partial charge on any atom is -0.490 e. The smallest absolute Gasteiger partial charge is 0.261 e. The zero-order chi connectivity index (χ0) is 23.7. The number of amides is 1. The van der Waals surface area contributed by atoms with Crippen LogP contribution in [-0.2, 0) is 16.4 Å². The van der Waals surface area contributed by atoms with E-state index in [1.165, 1.54) is 24.3 Å². The topological polar surface area (TPSA) is 93.7 Å². The molecule has 3 aromatic carbocycles. The second-order valence-electron chi connectivity index (χ2n) is 7.15. The third-order valence-electron chi connectivity index (χ3n) is 4.76. The van der Waals surface area contributed by atoms with Gasteiger partial charge in [-0.1, -0.05) is 24.3 Å². The van der Waals surface area contributed by atoms with Crippen molar-refractivity contribution in [3.63, 3.8) is 0 Å². The predicted octanol–water partition coefficient (Wildman–Crippen LogP) is 4.26. The molecule has 0 saturated carbocycles. The van der Waals surface area contributed by atoms with E-state index >= 15 is 0 Å². The summed E-state index contributed by atoms with van der Waals surface area (Å²) in [5.74, 6) is 1.11. The fraction of sp³-hybridized carbons (Fsp3) is 0.240. The van der Waals surface area contributed by atoms with Crippen molar-refractivity contribution in [2.45, 2.75) is 25.2 Å². The van der Waals surface area contributed by atoms with Crippen LogP contribution >= 0.6 is 0 Å². The van der Waals surface area contributed by atoms with Crippen molar-refractivity contribution in [3.8, 4) is 11.5 Å². The molecule has 0 saturated heterocycles. The summed E-state index contributed by atoms with van der Waals surface area (Å²) in [6.07, 6.45) is 0.617. The number of carbonyl (C=O) groups is 1. The van der Waals surface area contributed by atoms with E-state index in [4.69, 9.17) is 9.47 Å². The summed E-state index contributed by atoms with van der Waals surface area (Å²) in [7, 11) is -3.73. The van der Waals surface area contributed by atoms with Crippen LogP contribution in [0.1, 0.15) is 29.8 Å². The van der Waals surface area contributed by atoms with Crippen molar-refractivity contribution in [2.75, 3.05) is 24.5 Å². The van der Waals surface area contributed by atoms with E-state index in [0.29, 0.717) is 48.9 Å². The van der Waals surface area contributed by atoms with Gasteiger partial charge in [0, 0.05) is 17.8 Å². The average Bonchev–Trinajstić information content (AvgIpc) is 2.81. The molecule has 8 heteroatoms. The number of nitrogens with one attached hydrogen (secondary N) is 2. The second-order valence-corrected chi connectivity index (χ2v) is 8.83. The van der Waals surface area contributed by atoms with Gasteiger partial charge in [0.05, 0.1) is 18.1 Å². The van der Waals surface area contributed by atoms with Crippen LogP contribution in [0, 0.1) is 0 Å². The molecule has 0 radical (unpaired) electrons. The summed E-state index contributed by atoms with van der Waals surface area (Å²) >= 11 is 0. The third kappa shape index (κ3) is 6.73. The third-order valence-corrected chi connectivity index (χ3v) is 6.16. The largest absolute Gasteiger partial charge is 0.490 e. The van der Waals surface area contributed by atoms with E-state index in [1.54, 1.807) is 30.3 Å². The Hall–Kier alpha value is -3.52. The number of hydrogen-bond donors (Lipinski definition) is 2. The van der Waals surface area contributed by atoms with E-state index in [1.807, 2.05) is 32.0 Å². The molecule has 0 atom stereocenters. The fourth-order valence-electron chi connectivity index (χ4n) is 3.18. The number of anilines is 1. The number of rotatable bonds is 11. The van der Waals surface area contributed by atoms with Gasteiger partial charge >= 0.3 is 0 Å². The molecule has 0 aromatic heterocycles. The van der Waals surface area contributed by atoms with Gasteiger partial charge in [-0.15, -0.1) is 0 Å². The Morgan fingerprint density at radius 3 is 2.18 bits per heavy atom. The van der Waals surface area contributed by atoms with Gasteiger partial charge in [0.25, 0.3) is 15.9 Å². The maximum Gasteiger partial charge on any atom is 0.261 e. The molecule has 0 aliphatic carbocycles. The predicted molar refractivity (Wildman–Crippen MR) is 129 cm³/mol. The Morgan fingerprint density at radius 2 is 1.52 bits per heavy atom. The van der Waals surface area contributed by atoms with Crippen LogP contribution in [0.3, 0.4) is 0 Å². The summed E-state index contributed by atoms with van der Waals surface area (Å²) in [5, 5.41) is 2.86. The van der Waals surface area contributed by atoms with E-state index in [0.717, 1.165) is 5.56 Å². The summed E-state index contributed by atoms with van der Waals surface area (Å²) < 4.78 is 38.8. The van der Waals surface area contributed by atoms with Crippen LogP contribution in [0.15, 0.2) is 77.7 Å². The first kappa shape index (κ1) is 24.1. The Bertz CT molecular complexity index is 1160. The lowest BCUT2D eigenvalue weighted by Crippen LogP contribution is -2.25. The number of para-hydroxylation sites is 1. The fourth-order valence-corrected chi connectivity index (χ4v) is 4.24. The molecule has 0 fully saturated rings. The summed E-state index contributed by atoms with van der Waals surface area (Å²) in [6.45, 7) is 5.34. The van der Waals surface area contributed by atoms with Crippen LogP contribution in [0.5, 0.6) is 11.5 Å². The molecule has 0 aliphatic rings. The minimum absolute atomic E-state index is 0.0840. The van der Waals surface area contributed by atoms with Crippen molar-refractivity contribution >= 4 is 21.6 Å². The first-order chi connectivity index (χ1) is 15.9. The van der Waals surface area contributed by atoms with Gasteiger partial charge in [0.1, 0.15) is 0 Å². The molecule has 0 bridgehead atoms. The molecule has 7 nitrogen and oxygen atoms in total. The molecule has 0 aliphatic heterocycles. The van der Waals surface area contributed by atoms with Gasteiger partial charge < -0.3 is 14.8 Å². The zero-order valence-corrected chi connectivity index (χ0v) is 19.5. The molecule has 1 amide bonds. The molecule has 3 rings (SSSR count). The Balaban J connectivity index is 1.57. The minimum atomic E-state index is -3.73. The molecule has 2 N–H and O–H groups in total. The van der Waals surface area contributed by atoms with Crippen molar-refractivity contribution < 1.29 is 22.7 Å². The maximum absolute atomic E-state index is 12.5. The van der Waals surface area contributed by atoms with Gasteiger partial charge in [0.15, 0.2) is 11.5 Å². The van der Waals surface area contributed by atoms with Crippen LogP contribution in [-0.4, -0.2) is 34.1 Å². The molecule has 0 heterocycles. The molecular formula is C25H28N2O5S. The quantitative estimate of drug-likeness (QED) is 0.439. The average molecular weight is 469 g/mol. The van der Waals surface area contributed by atoms with Gasteiger partial charge in [-0.25, -0.2) is 8.42 Å². The Kier molecular flexibility index (Phi) is 8.32. The van der Waals surface area contributed by atoms with E-state index in [9.17, 15) is 13.2 Å². The lowest BCUT2D eigenvalue weighted by Gasteiger charge is -2.13. The van der Waals surface area contributed by atoms with Crippen molar-refractivity contribution in [1.82, 2.24) is 5.32 Å². The normalized spacial score (nSPS) is 11.0. The highest BCUT2D eigenvalue weighted by atomic mass is 32.2. The molecule has 33 heavy (non-hydrogen) atoms. The maximum atomic E-state index is 12.5. The van der Waals surface area contributed by atoms with E-state index in [2.05, 4.69) is 10.0 Å². The molecule has 0 unspecified atom stereocenters. The first-order valence-electron chi connectivity index (χ1n) is 10.8. The highest BCUT2D eigenvalue weighted by Crippen LogP contribution is 2.28. The summed E-state index contributed by atoms with van der Waals surface area (Å²) in [6, 6.07) is 20.2. The lowest BCUT2D eigenvalue weighted by molar-refractivity contribution is 0.0954. The number of carbonyl (C=O) groups excluding carboxylic acids is 1. The van der Waals surface area contributed by atoms with Crippen LogP contribution in [0.2, 0.25) is 0 Å². The van der Waals surface area contributed by atoms with Gasteiger partial charge in [-0.05, 0) is 74.4 Å². The Labute approximate surface area is 194 Å². The molecular weight excluding hydrogens is 440 g/mol. The number of ether oxygens (including phenoxy) is 2. The van der Waals surface area contributed by atoms with Gasteiger partial charge in [-0.3, -0.25) is 9.52 Å². The number of sulfonamides is 1. The second kappa shape index (κ2) is 11.4. The SMILES string of the molecule is CCOc1ccc(CCNC(=O)c2ccc(S(=O)(=O)Nc3ccccc3)cc2)cc1OCC. The number of hydrogen-bond acceptors (Lipinski definition) is 5. The zero-order valence-electron chi connectivity index (χ0n) is 18.7. The van der Waals surface area contributed by atoms with Crippen molar-refractivity contribution in [3.05, 3.63) is 83.9 Å². The van der Waals surface area contributed by atoms with Gasteiger partial charge in [0.2, 0.25) is 0 Å². The molecule has 0 spiro atoms. The highest BCUT2D eigenvalue weighted by Gasteiger charge is 2.15. The number of benzene rings is 3. The molecule has 3 aromatic rings. The van der Waals surface area contributed by atoms with Gasteiger partial charge in [-0.2, -0.15) is 0 Å². The van der Waals surface area contributed by atoms with Crippen molar-refractivity contribution in [2.24, 2.45) is 0 Å².